The van der Waals surface area contributed by atoms with Gasteiger partial charge in [0.2, 0.25) is 0 Å². The number of piperidine rings is 1. The highest BCUT2D eigenvalue weighted by atomic mass is 19.4. The molecule has 2 nitrogen and oxygen atoms in total. The van der Waals surface area contributed by atoms with Crippen LogP contribution in [0.5, 0.6) is 0 Å². The van der Waals surface area contributed by atoms with Gasteiger partial charge in [-0.05, 0) is 32.1 Å². The minimum absolute atomic E-state index is 0.150. The Morgan fingerprint density at radius 2 is 1.57 bits per heavy atom. The molecule has 0 spiro atoms. The van der Waals surface area contributed by atoms with E-state index in [0.29, 0.717) is 0 Å². The van der Waals surface area contributed by atoms with Crippen molar-refractivity contribution in [2.24, 2.45) is 0 Å². The molecule has 0 aliphatic carbocycles. The summed E-state index contributed by atoms with van der Waals surface area (Å²) in [6.45, 7) is 0. The fourth-order valence-electron chi connectivity index (χ4n) is 2.60. The maximum absolute atomic E-state index is 12.2. The lowest BCUT2D eigenvalue weighted by atomic mass is 10.0. The van der Waals surface area contributed by atoms with E-state index in [0.717, 1.165) is 37.0 Å². The van der Waals surface area contributed by atoms with Gasteiger partial charge in [-0.15, -0.1) is 0 Å². The van der Waals surface area contributed by atoms with E-state index in [4.69, 9.17) is 0 Å². The molecule has 2 heterocycles. The Morgan fingerprint density at radius 3 is 2.00 bits per heavy atom. The number of alkyl halides is 3. The van der Waals surface area contributed by atoms with Crippen LogP contribution in [-0.2, 0) is 4.79 Å². The lowest BCUT2D eigenvalue weighted by molar-refractivity contribution is -0.189. The molecule has 2 atom stereocenters. The van der Waals surface area contributed by atoms with Crippen LogP contribution in [0.2, 0.25) is 0 Å². The summed E-state index contributed by atoms with van der Waals surface area (Å²) in [5.74, 6) is -1.63. The molecule has 0 aromatic rings. The molecular weight excluding hydrogens is 195 g/mol. The summed E-state index contributed by atoms with van der Waals surface area (Å²) in [4.78, 5) is 12.2. The van der Waals surface area contributed by atoms with Crippen molar-refractivity contribution < 1.29 is 18.0 Å². The van der Waals surface area contributed by atoms with Crippen molar-refractivity contribution in [1.82, 2.24) is 4.90 Å². The lowest BCUT2D eigenvalue weighted by Crippen LogP contribution is -2.49. The minimum Gasteiger partial charge on any atom is -0.329 e. The molecule has 14 heavy (non-hydrogen) atoms. The van der Waals surface area contributed by atoms with Gasteiger partial charge < -0.3 is 4.90 Å². The normalized spacial score (nSPS) is 32.1. The van der Waals surface area contributed by atoms with Gasteiger partial charge in [0.05, 0.1) is 0 Å². The van der Waals surface area contributed by atoms with Gasteiger partial charge in [-0.25, -0.2) is 0 Å². The largest absolute Gasteiger partial charge is 0.471 e. The second-order valence-corrected chi connectivity index (χ2v) is 4.03. The first-order valence-corrected chi connectivity index (χ1v) is 4.89. The summed E-state index contributed by atoms with van der Waals surface area (Å²) in [7, 11) is 0. The Bertz CT molecular complexity index is 235. The maximum atomic E-state index is 12.2. The summed E-state index contributed by atoms with van der Waals surface area (Å²) in [6.07, 6.45) is -0.787. The van der Waals surface area contributed by atoms with Crippen LogP contribution in [0.1, 0.15) is 32.1 Å². The number of carbonyl (C=O) groups is 1. The van der Waals surface area contributed by atoms with Crippen molar-refractivity contribution in [2.75, 3.05) is 0 Å². The van der Waals surface area contributed by atoms with Crippen LogP contribution in [0, 0.1) is 0 Å². The third-order valence-corrected chi connectivity index (χ3v) is 3.17. The van der Waals surface area contributed by atoms with Crippen LogP contribution in [0.4, 0.5) is 13.2 Å². The first-order valence-electron chi connectivity index (χ1n) is 4.89. The lowest BCUT2D eigenvalue weighted by Gasteiger charge is -2.35. The molecule has 0 aromatic heterocycles. The highest BCUT2D eigenvalue weighted by molar-refractivity contribution is 5.82. The Kier molecular flexibility index (Phi) is 2.20. The van der Waals surface area contributed by atoms with Crippen molar-refractivity contribution in [3.63, 3.8) is 0 Å². The fraction of sp³-hybridized carbons (Fsp3) is 0.889. The molecule has 2 fully saturated rings. The summed E-state index contributed by atoms with van der Waals surface area (Å²) in [6, 6.07) is -0.300. The number of halogens is 3. The Labute approximate surface area is 80.1 Å². The minimum atomic E-state index is -4.70. The van der Waals surface area contributed by atoms with Gasteiger partial charge in [0.15, 0.2) is 0 Å². The third kappa shape index (κ3) is 1.48. The number of amides is 1. The zero-order chi connectivity index (χ0) is 10.3. The van der Waals surface area contributed by atoms with Crippen molar-refractivity contribution >= 4 is 5.91 Å². The first-order chi connectivity index (χ1) is 6.50. The zero-order valence-corrected chi connectivity index (χ0v) is 7.68. The molecule has 0 aromatic carbocycles. The third-order valence-electron chi connectivity index (χ3n) is 3.17. The number of carbonyl (C=O) groups excluding carboxylic acids is 1. The molecule has 2 saturated heterocycles. The summed E-state index contributed by atoms with van der Waals surface area (Å²) >= 11 is 0. The predicted molar refractivity (Wildman–Crippen MR) is 43.6 cm³/mol. The SMILES string of the molecule is O=C(N1C2CCCC1CC2)C(F)(F)F. The van der Waals surface area contributed by atoms with E-state index >= 15 is 0 Å². The number of fused-ring (bicyclic) bond motifs is 2. The average molecular weight is 207 g/mol. The predicted octanol–water partition coefficient (Wildman–Crippen LogP) is 2.09. The molecule has 0 N–H and O–H groups in total. The topological polar surface area (TPSA) is 20.3 Å². The molecule has 2 rings (SSSR count). The van der Waals surface area contributed by atoms with Crippen LogP contribution in [0.3, 0.4) is 0 Å². The number of hydrogen-bond donors (Lipinski definition) is 0. The molecule has 0 saturated carbocycles. The molecule has 0 radical (unpaired) electrons. The van der Waals surface area contributed by atoms with Crippen LogP contribution < -0.4 is 0 Å². The van der Waals surface area contributed by atoms with Crippen molar-refractivity contribution in [1.29, 1.82) is 0 Å². The average Bonchev–Trinajstić information content (AvgIpc) is 2.32. The van der Waals surface area contributed by atoms with Crippen molar-refractivity contribution in [2.45, 2.75) is 50.4 Å². The van der Waals surface area contributed by atoms with E-state index in [1.54, 1.807) is 0 Å². The van der Waals surface area contributed by atoms with Crippen molar-refractivity contribution in [3.05, 3.63) is 0 Å². The fourth-order valence-corrected chi connectivity index (χ4v) is 2.60. The molecule has 2 bridgehead atoms. The van der Waals surface area contributed by atoms with E-state index < -0.39 is 12.1 Å². The van der Waals surface area contributed by atoms with Gasteiger partial charge >= 0.3 is 12.1 Å². The molecule has 2 unspecified atom stereocenters. The van der Waals surface area contributed by atoms with Gasteiger partial charge in [0.1, 0.15) is 0 Å². The van der Waals surface area contributed by atoms with E-state index in [9.17, 15) is 18.0 Å². The van der Waals surface area contributed by atoms with E-state index in [1.165, 1.54) is 0 Å². The molecule has 80 valence electrons. The quantitative estimate of drug-likeness (QED) is 0.595. The van der Waals surface area contributed by atoms with Gasteiger partial charge in [0.25, 0.3) is 0 Å². The number of hydrogen-bond acceptors (Lipinski definition) is 1. The summed E-state index contributed by atoms with van der Waals surface area (Å²) in [5, 5.41) is 0. The maximum Gasteiger partial charge on any atom is 0.471 e. The number of nitrogens with zero attached hydrogens (tertiary/aromatic N) is 1. The molecule has 1 amide bonds. The highest BCUT2D eigenvalue weighted by Gasteiger charge is 2.50. The molecular formula is C9H12F3NO. The van der Waals surface area contributed by atoms with Crippen LogP contribution in [0.15, 0.2) is 0 Å². The standard InChI is InChI=1S/C9H12F3NO/c10-9(11,12)8(14)13-6-2-1-3-7(13)5-4-6/h6-7H,1-5H2. The second-order valence-electron chi connectivity index (χ2n) is 4.03. The van der Waals surface area contributed by atoms with E-state index in [-0.39, 0.29) is 12.1 Å². The van der Waals surface area contributed by atoms with Gasteiger partial charge in [-0.2, -0.15) is 13.2 Å². The van der Waals surface area contributed by atoms with Gasteiger partial charge in [-0.1, -0.05) is 0 Å². The Hall–Kier alpha value is -0.740. The molecule has 2 aliphatic heterocycles. The second kappa shape index (κ2) is 3.14. The Balaban J connectivity index is 2.15. The smallest absolute Gasteiger partial charge is 0.329 e. The van der Waals surface area contributed by atoms with Crippen LogP contribution >= 0.6 is 0 Å². The number of rotatable bonds is 0. The van der Waals surface area contributed by atoms with Gasteiger partial charge in [0, 0.05) is 12.1 Å². The highest BCUT2D eigenvalue weighted by Crippen LogP contribution is 2.37. The monoisotopic (exact) mass is 207 g/mol. The summed E-state index contributed by atoms with van der Waals surface area (Å²) in [5.41, 5.74) is 0. The first kappa shape index (κ1) is 9.80. The van der Waals surface area contributed by atoms with Crippen LogP contribution in [-0.4, -0.2) is 29.1 Å². The zero-order valence-electron chi connectivity index (χ0n) is 7.68. The van der Waals surface area contributed by atoms with Crippen LogP contribution in [0.25, 0.3) is 0 Å². The van der Waals surface area contributed by atoms with E-state index in [1.807, 2.05) is 0 Å². The van der Waals surface area contributed by atoms with Gasteiger partial charge in [-0.3, -0.25) is 4.79 Å². The summed E-state index contributed by atoms with van der Waals surface area (Å²) < 4.78 is 36.7. The molecule has 5 heteroatoms. The Morgan fingerprint density at radius 1 is 1.07 bits per heavy atom. The molecule has 2 aliphatic rings. The van der Waals surface area contributed by atoms with Crippen molar-refractivity contribution in [3.8, 4) is 0 Å². The van der Waals surface area contributed by atoms with E-state index in [2.05, 4.69) is 0 Å².